The van der Waals surface area contributed by atoms with E-state index >= 15 is 0 Å². The number of halogens is 1. The van der Waals surface area contributed by atoms with Crippen LogP contribution in [0.1, 0.15) is 5.56 Å². The zero-order chi connectivity index (χ0) is 22.7. The monoisotopic (exact) mass is 446 g/mol. The molecule has 4 rings (SSSR count). The van der Waals surface area contributed by atoms with Crippen molar-refractivity contribution in [3.8, 4) is 11.4 Å². The third-order valence-corrected chi connectivity index (χ3v) is 4.82. The highest BCUT2D eigenvalue weighted by atomic mass is 35.5. The molecule has 0 aliphatic heterocycles. The summed E-state index contributed by atoms with van der Waals surface area (Å²) in [6, 6.07) is 19.4. The van der Waals surface area contributed by atoms with E-state index in [1.807, 2.05) is 0 Å². The maximum atomic E-state index is 13.1. The van der Waals surface area contributed by atoms with Crippen molar-refractivity contribution < 1.29 is 9.72 Å². The van der Waals surface area contributed by atoms with E-state index in [0.717, 1.165) is 4.68 Å². The number of para-hydroxylation sites is 1. The SMILES string of the molecule is O=C(/C=C/c1cccc([N+](=O)[O-])c1)Nn1c(-c2cccc(Cl)c2)nc2ccccc2c1=O. The topological polar surface area (TPSA) is 107 Å². The quantitative estimate of drug-likeness (QED) is 0.277. The lowest BCUT2D eigenvalue weighted by atomic mass is 10.2. The van der Waals surface area contributed by atoms with E-state index in [1.165, 1.54) is 30.4 Å². The Hall–Kier alpha value is -4.30. The minimum absolute atomic E-state index is 0.0919. The Morgan fingerprint density at radius 3 is 2.62 bits per heavy atom. The molecule has 1 aromatic heterocycles. The fourth-order valence-electron chi connectivity index (χ4n) is 3.12. The van der Waals surface area contributed by atoms with E-state index < -0.39 is 16.4 Å². The van der Waals surface area contributed by atoms with E-state index in [1.54, 1.807) is 54.6 Å². The highest BCUT2D eigenvalue weighted by Gasteiger charge is 2.14. The number of nitro groups is 1. The molecular formula is C23H15ClN4O4. The Kier molecular flexibility index (Phi) is 5.78. The number of aromatic nitrogens is 2. The number of benzene rings is 3. The van der Waals surface area contributed by atoms with Crippen molar-refractivity contribution in [2.45, 2.75) is 0 Å². The first kappa shape index (κ1) is 21.0. The van der Waals surface area contributed by atoms with Crippen molar-refractivity contribution in [3.05, 3.63) is 110 Å². The molecule has 0 saturated heterocycles. The van der Waals surface area contributed by atoms with Crippen LogP contribution in [0.4, 0.5) is 5.69 Å². The lowest BCUT2D eigenvalue weighted by Gasteiger charge is -2.14. The number of amides is 1. The smallest absolute Gasteiger partial charge is 0.268 e. The summed E-state index contributed by atoms with van der Waals surface area (Å²) in [5, 5.41) is 11.7. The normalized spacial score (nSPS) is 11.0. The summed E-state index contributed by atoms with van der Waals surface area (Å²) in [6.45, 7) is 0. The van der Waals surface area contributed by atoms with Crippen LogP contribution in [0.15, 0.2) is 83.7 Å². The van der Waals surface area contributed by atoms with Crippen LogP contribution in [-0.4, -0.2) is 20.5 Å². The van der Waals surface area contributed by atoms with Gasteiger partial charge in [0.05, 0.1) is 15.8 Å². The summed E-state index contributed by atoms with van der Waals surface area (Å²) in [6.07, 6.45) is 2.60. The van der Waals surface area contributed by atoms with Crippen molar-refractivity contribution in [2.24, 2.45) is 0 Å². The van der Waals surface area contributed by atoms with Gasteiger partial charge in [-0.3, -0.25) is 25.1 Å². The van der Waals surface area contributed by atoms with Crippen LogP contribution in [0.2, 0.25) is 5.02 Å². The maximum Gasteiger partial charge on any atom is 0.280 e. The molecule has 0 saturated carbocycles. The number of hydrogen-bond donors (Lipinski definition) is 1. The van der Waals surface area contributed by atoms with E-state index in [2.05, 4.69) is 10.4 Å². The molecule has 0 radical (unpaired) electrons. The first-order valence-electron chi connectivity index (χ1n) is 9.43. The van der Waals surface area contributed by atoms with E-state index in [-0.39, 0.29) is 11.5 Å². The molecular weight excluding hydrogens is 432 g/mol. The van der Waals surface area contributed by atoms with Gasteiger partial charge in [0.1, 0.15) is 0 Å². The van der Waals surface area contributed by atoms with Gasteiger partial charge in [0, 0.05) is 28.8 Å². The number of nitrogens with one attached hydrogen (secondary N) is 1. The van der Waals surface area contributed by atoms with Gasteiger partial charge in [0.15, 0.2) is 5.82 Å². The highest BCUT2D eigenvalue weighted by molar-refractivity contribution is 6.30. The lowest BCUT2D eigenvalue weighted by Crippen LogP contribution is -2.34. The third kappa shape index (κ3) is 4.40. The summed E-state index contributed by atoms with van der Waals surface area (Å²) in [5.74, 6) is -0.396. The maximum absolute atomic E-state index is 13.1. The van der Waals surface area contributed by atoms with E-state index in [9.17, 15) is 19.7 Å². The van der Waals surface area contributed by atoms with E-state index in [0.29, 0.717) is 27.1 Å². The fourth-order valence-corrected chi connectivity index (χ4v) is 3.31. The fraction of sp³-hybridized carbons (Fsp3) is 0. The van der Waals surface area contributed by atoms with Crippen LogP contribution in [0.3, 0.4) is 0 Å². The molecule has 3 aromatic carbocycles. The van der Waals surface area contributed by atoms with Crippen molar-refractivity contribution in [2.75, 3.05) is 5.43 Å². The van der Waals surface area contributed by atoms with Crippen LogP contribution in [0.25, 0.3) is 28.4 Å². The van der Waals surface area contributed by atoms with Crippen LogP contribution in [-0.2, 0) is 4.79 Å². The van der Waals surface area contributed by atoms with Gasteiger partial charge in [-0.1, -0.05) is 48.0 Å². The zero-order valence-corrected chi connectivity index (χ0v) is 17.2. The summed E-state index contributed by atoms with van der Waals surface area (Å²) in [4.78, 5) is 40.7. The minimum Gasteiger partial charge on any atom is -0.268 e. The van der Waals surface area contributed by atoms with Crippen molar-refractivity contribution >= 4 is 40.2 Å². The van der Waals surface area contributed by atoms with Gasteiger partial charge in [0.25, 0.3) is 17.2 Å². The molecule has 32 heavy (non-hydrogen) atoms. The predicted octanol–water partition coefficient (Wildman–Crippen LogP) is 4.41. The predicted molar refractivity (Wildman–Crippen MR) is 123 cm³/mol. The Labute approximate surface area is 186 Å². The standard InChI is InChI=1S/C23H15ClN4O4/c24-17-7-4-6-16(14-17)22-25-20-10-2-1-9-19(20)23(30)27(22)26-21(29)12-11-15-5-3-8-18(13-15)28(31)32/h1-14H,(H,26,29)/b12-11+. The second-order valence-electron chi connectivity index (χ2n) is 6.76. The summed E-state index contributed by atoms with van der Waals surface area (Å²) < 4.78 is 1.06. The van der Waals surface area contributed by atoms with Crippen LogP contribution in [0.5, 0.6) is 0 Å². The van der Waals surface area contributed by atoms with E-state index in [4.69, 9.17) is 11.6 Å². The number of nitrogens with zero attached hydrogens (tertiary/aromatic N) is 3. The van der Waals surface area contributed by atoms with Gasteiger partial charge in [-0.2, -0.15) is 4.68 Å². The molecule has 1 N–H and O–H groups in total. The summed E-state index contributed by atoms with van der Waals surface area (Å²) >= 11 is 6.10. The van der Waals surface area contributed by atoms with Gasteiger partial charge in [-0.05, 0) is 35.9 Å². The molecule has 0 atom stereocenters. The minimum atomic E-state index is -0.612. The first-order valence-corrected chi connectivity index (χ1v) is 9.81. The Morgan fingerprint density at radius 1 is 1.06 bits per heavy atom. The van der Waals surface area contributed by atoms with Gasteiger partial charge in [0.2, 0.25) is 0 Å². The average molecular weight is 447 g/mol. The van der Waals surface area contributed by atoms with Crippen LogP contribution < -0.4 is 11.0 Å². The van der Waals surface area contributed by atoms with Crippen LogP contribution >= 0.6 is 11.6 Å². The number of fused-ring (bicyclic) bond motifs is 1. The molecule has 1 amide bonds. The molecule has 0 aliphatic rings. The molecule has 4 aromatic rings. The molecule has 0 aliphatic carbocycles. The van der Waals surface area contributed by atoms with Gasteiger partial charge in [-0.15, -0.1) is 0 Å². The average Bonchev–Trinajstić information content (AvgIpc) is 2.79. The lowest BCUT2D eigenvalue weighted by molar-refractivity contribution is -0.384. The zero-order valence-electron chi connectivity index (χ0n) is 16.4. The van der Waals surface area contributed by atoms with Gasteiger partial charge >= 0.3 is 0 Å². The Balaban J connectivity index is 1.73. The number of carbonyl (C=O) groups excluding carboxylic acids is 1. The van der Waals surface area contributed by atoms with Crippen LogP contribution in [0, 0.1) is 10.1 Å². The molecule has 0 unspecified atom stereocenters. The largest absolute Gasteiger partial charge is 0.280 e. The number of nitro benzene ring substituents is 1. The van der Waals surface area contributed by atoms with Crippen molar-refractivity contribution in [1.82, 2.24) is 9.66 Å². The summed E-state index contributed by atoms with van der Waals surface area (Å²) in [5.41, 5.74) is 3.48. The highest BCUT2D eigenvalue weighted by Crippen LogP contribution is 2.21. The molecule has 0 bridgehead atoms. The molecule has 1 heterocycles. The van der Waals surface area contributed by atoms with Crippen molar-refractivity contribution in [3.63, 3.8) is 0 Å². The third-order valence-electron chi connectivity index (χ3n) is 4.59. The summed E-state index contributed by atoms with van der Waals surface area (Å²) in [7, 11) is 0. The molecule has 158 valence electrons. The molecule has 0 fully saturated rings. The Morgan fingerprint density at radius 2 is 1.84 bits per heavy atom. The van der Waals surface area contributed by atoms with Crippen molar-refractivity contribution in [1.29, 1.82) is 0 Å². The number of rotatable bonds is 5. The number of hydrogen-bond acceptors (Lipinski definition) is 5. The molecule has 0 spiro atoms. The number of non-ortho nitro benzene ring substituents is 1. The Bertz CT molecular complexity index is 1450. The first-order chi connectivity index (χ1) is 15.4. The second kappa shape index (κ2) is 8.83. The molecule has 8 nitrogen and oxygen atoms in total. The second-order valence-corrected chi connectivity index (χ2v) is 7.20. The molecule has 9 heteroatoms. The van der Waals surface area contributed by atoms with Gasteiger partial charge < -0.3 is 0 Å². The van der Waals surface area contributed by atoms with Gasteiger partial charge in [-0.25, -0.2) is 4.98 Å². The number of carbonyl (C=O) groups is 1.